The molecular formula is C42H20F14MnN6O8S2+3. The molecule has 1 aliphatic rings. The maximum atomic E-state index is 16.2. The third kappa shape index (κ3) is 8.73. The van der Waals surface area contributed by atoms with Crippen LogP contribution in [0.5, 0.6) is 0 Å². The summed E-state index contributed by atoms with van der Waals surface area (Å²) in [6.07, 6.45) is 1.35. The number of aromatic nitrogens is 4. The number of aliphatic carboxylic acids is 2. The SMILES string of the molecule is Cc1c(F)c(F)c(F)c(F)c1-c1c2nc(c(-c3c(F)c(F)c(F)c(F)c3F)c3ccc([nH]3)c(-c3c(F)c(F)c(F)c(F)c3F)c3[nH]c(cc3S(=O)(=O)NCC(=O)O)c3[nH]c1cc3S(=O)(=O)NCC(=O)O)C=C2.[Mn+3]. The predicted octanol–water partition coefficient (Wildman–Crippen LogP) is 8.68. The summed E-state index contributed by atoms with van der Waals surface area (Å²) in [6.45, 7) is -2.37. The number of carboxylic acid groups (broad SMARTS) is 2. The number of aromatic amines is 3. The number of nitrogens with one attached hydrogen (secondary N) is 5. The fourth-order valence-corrected chi connectivity index (χ4v) is 9.97. The van der Waals surface area contributed by atoms with Crippen molar-refractivity contribution in [2.24, 2.45) is 0 Å². The average Bonchev–Trinajstić information content (AvgIpc) is 4.18. The Morgan fingerprint density at radius 3 is 1.26 bits per heavy atom. The Bertz CT molecular complexity index is 3930. The van der Waals surface area contributed by atoms with E-state index in [2.05, 4.69) is 19.9 Å². The molecule has 0 amide bonds. The molecule has 8 bridgehead atoms. The largest absolute Gasteiger partial charge is 3.00 e. The first-order valence-electron chi connectivity index (χ1n) is 19.3. The first-order valence-corrected chi connectivity index (χ1v) is 22.3. The van der Waals surface area contributed by atoms with Crippen LogP contribution in [-0.4, -0.2) is 72.0 Å². The van der Waals surface area contributed by atoms with Crippen molar-refractivity contribution < 1.29 is 115 Å². The maximum Gasteiger partial charge on any atom is 3.00 e. The topological polar surface area (TPSA) is 227 Å². The van der Waals surface area contributed by atoms with Gasteiger partial charge in [0.25, 0.3) is 0 Å². The molecule has 0 saturated carbocycles. The fraction of sp³-hybridized carbons (Fsp3) is 0.0714. The second kappa shape index (κ2) is 18.9. The standard InChI is InChI=1S/C42H20F14N6O8S2.Mn/c1-10-21(28(44)34(50)33(49)27(10)43)23-13-3-2-11(59-13)22(25-29(45)35(51)39(55)36(52)30(25)46)12-4-5-14(60-12)24(26-31(47)37(53)40(56)38(54)32(26)48)42-18(72(69,70)58-9-20(65)66)7-16(62-42)41-17(6-15(23)61-41)71(67,68)57-8-19(63)64;/h2-7,57-58,60-62H,8-9H2,1H3,(H,63,64)(H,65,66);/q;+3. The van der Waals surface area contributed by atoms with Crippen LogP contribution in [0.25, 0.3) is 78.6 Å². The van der Waals surface area contributed by atoms with Gasteiger partial charge >= 0.3 is 29.0 Å². The molecule has 0 aliphatic carbocycles. The minimum absolute atomic E-state index is 0. The van der Waals surface area contributed by atoms with Crippen LogP contribution in [0.4, 0.5) is 61.5 Å². The number of H-pyrrole nitrogens is 3. The molecule has 0 atom stereocenters. The molecule has 0 unspecified atom stereocenters. The maximum absolute atomic E-state index is 16.2. The molecule has 4 aromatic heterocycles. The predicted molar refractivity (Wildman–Crippen MR) is 221 cm³/mol. The number of fused-ring (bicyclic) bond motifs is 9. The first kappa shape index (κ1) is 53.5. The molecule has 380 valence electrons. The van der Waals surface area contributed by atoms with Crippen molar-refractivity contribution in [3.05, 3.63) is 123 Å². The van der Waals surface area contributed by atoms with Gasteiger partial charge in [-0.25, -0.2) is 83.3 Å². The minimum atomic E-state index is -5.60. The molecule has 3 aromatic carbocycles. The minimum Gasteiger partial charge on any atom is -0.480 e. The summed E-state index contributed by atoms with van der Waals surface area (Å²) in [5.74, 6) is -40.2. The van der Waals surface area contributed by atoms with E-state index in [4.69, 9.17) is 0 Å². The molecule has 14 nitrogen and oxygen atoms in total. The van der Waals surface area contributed by atoms with E-state index in [0.29, 0.717) is 43.3 Å². The third-order valence-electron chi connectivity index (χ3n) is 10.8. The van der Waals surface area contributed by atoms with Crippen LogP contribution in [0.3, 0.4) is 0 Å². The summed E-state index contributed by atoms with van der Waals surface area (Å²) in [4.78, 5) is 31.1. The van der Waals surface area contributed by atoms with Gasteiger partial charge in [-0.05, 0) is 48.9 Å². The van der Waals surface area contributed by atoms with Gasteiger partial charge in [0.2, 0.25) is 31.7 Å². The summed E-state index contributed by atoms with van der Waals surface area (Å²) in [5.41, 5.74) is -18.9. The molecule has 0 spiro atoms. The fourth-order valence-electron chi connectivity index (χ4n) is 7.63. The van der Waals surface area contributed by atoms with Crippen molar-refractivity contribution in [1.29, 1.82) is 0 Å². The number of carbonyl (C=O) groups is 2. The second-order valence-electron chi connectivity index (χ2n) is 15.1. The zero-order chi connectivity index (χ0) is 53.0. The monoisotopic (exact) mass is 1120 g/mol. The van der Waals surface area contributed by atoms with Crippen molar-refractivity contribution in [1.82, 2.24) is 29.4 Å². The number of benzene rings is 3. The van der Waals surface area contributed by atoms with E-state index in [9.17, 15) is 49.8 Å². The van der Waals surface area contributed by atoms with Crippen LogP contribution < -0.4 is 9.44 Å². The number of rotatable bonds is 11. The summed E-state index contributed by atoms with van der Waals surface area (Å²) >= 11 is 0. The normalized spacial score (nSPS) is 12.3. The van der Waals surface area contributed by atoms with Crippen molar-refractivity contribution in [2.75, 3.05) is 13.1 Å². The smallest absolute Gasteiger partial charge is 0.480 e. The number of nitrogens with zero attached hydrogens (tertiary/aromatic N) is 1. The van der Waals surface area contributed by atoms with Crippen molar-refractivity contribution >= 4 is 77.2 Å². The first-order chi connectivity index (χ1) is 33.6. The quantitative estimate of drug-likeness (QED) is 0.0284. The Hall–Kier alpha value is -7.31. The van der Waals surface area contributed by atoms with Gasteiger partial charge in [-0.2, -0.15) is 9.44 Å². The Morgan fingerprint density at radius 2 is 0.808 bits per heavy atom. The number of halogens is 14. The molecule has 8 rings (SSSR count). The summed E-state index contributed by atoms with van der Waals surface area (Å²) in [7, 11) is -11.0. The molecule has 31 heteroatoms. The zero-order valence-electron chi connectivity index (χ0n) is 35.2. The third-order valence-corrected chi connectivity index (χ3v) is 13.7. The summed E-state index contributed by atoms with van der Waals surface area (Å²) in [6, 6.07) is 1.86. The van der Waals surface area contributed by atoms with Crippen LogP contribution in [-0.2, 0) is 46.7 Å². The summed E-state index contributed by atoms with van der Waals surface area (Å²) < 4.78 is 275. The Labute approximate surface area is 406 Å². The van der Waals surface area contributed by atoms with E-state index in [0.717, 1.165) is 0 Å². The average molecular weight is 1120 g/mol. The molecular weight excluding hydrogens is 1100 g/mol. The second-order valence-corrected chi connectivity index (χ2v) is 18.5. The van der Waals surface area contributed by atoms with Gasteiger partial charge in [0.15, 0.2) is 69.8 Å². The van der Waals surface area contributed by atoms with Gasteiger partial charge in [-0.1, -0.05) is 0 Å². The Morgan fingerprint density at radius 1 is 0.466 bits per heavy atom. The van der Waals surface area contributed by atoms with Gasteiger partial charge in [0, 0.05) is 33.3 Å². The van der Waals surface area contributed by atoms with Crippen LogP contribution in [0, 0.1) is 88.4 Å². The number of hydrogen-bond donors (Lipinski definition) is 7. The van der Waals surface area contributed by atoms with Crippen LogP contribution >= 0.6 is 0 Å². The Kier molecular flexibility index (Phi) is 13.9. The van der Waals surface area contributed by atoms with E-state index in [1.807, 2.05) is 0 Å². The van der Waals surface area contributed by atoms with Gasteiger partial charge < -0.3 is 25.2 Å². The van der Waals surface area contributed by atoms with E-state index in [1.54, 1.807) is 4.72 Å². The molecule has 73 heavy (non-hydrogen) atoms. The number of sulfonamides is 2. The van der Waals surface area contributed by atoms with E-state index >= 15 is 48.3 Å². The molecule has 7 aromatic rings. The van der Waals surface area contributed by atoms with Crippen LogP contribution in [0.15, 0.2) is 34.1 Å². The summed E-state index contributed by atoms with van der Waals surface area (Å²) in [5, 5.41) is 18.7. The van der Waals surface area contributed by atoms with Crippen LogP contribution in [0.1, 0.15) is 17.0 Å². The molecule has 5 heterocycles. The number of carboxylic acids is 2. The van der Waals surface area contributed by atoms with Gasteiger partial charge in [0.05, 0.1) is 44.6 Å². The Balaban J connectivity index is 0.00000780. The molecule has 0 saturated heterocycles. The van der Waals surface area contributed by atoms with Crippen molar-refractivity contribution in [3.8, 4) is 33.4 Å². The molecule has 0 radical (unpaired) electrons. The van der Waals surface area contributed by atoms with Gasteiger partial charge in [0.1, 0.15) is 22.9 Å². The van der Waals surface area contributed by atoms with Gasteiger partial charge in [-0.15, -0.1) is 0 Å². The number of hydrogen-bond acceptors (Lipinski definition) is 7. The molecule has 1 aliphatic heterocycles. The zero-order valence-corrected chi connectivity index (χ0v) is 38.0. The van der Waals surface area contributed by atoms with Gasteiger partial charge in [-0.3, -0.25) is 9.59 Å². The van der Waals surface area contributed by atoms with E-state index < -0.39 is 220 Å². The van der Waals surface area contributed by atoms with Crippen molar-refractivity contribution in [3.63, 3.8) is 0 Å². The van der Waals surface area contributed by atoms with E-state index in [-0.39, 0.29) is 17.1 Å². The molecule has 7 N–H and O–H groups in total. The van der Waals surface area contributed by atoms with Crippen molar-refractivity contribution in [2.45, 2.75) is 16.7 Å². The molecule has 0 fully saturated rings. The van der Waals surface area contributed by atoms with E-state index in [1.165, 1.54) is 4.72 Å². The van der Waals surface area contributed by atoms with Crippen LogP contribution in [0.2, 0.25) is 0 Å².